The largest absolute Gasteiger partial charge is 0.381 e. The van der Waals surface area contributed by atoms with Crippen molar-refractivity contribution < 1.29 is 4.79 Å². The van der Waals surface area contributed by atoms with Crippen molar-refractivity contribution in [2.45, 2.75) is 6.54 Å². The summed E-state index contributed by atoms with van der Waals surface area (Å²) >= 11 is 0. The van der Waals surface area contributed by atoms with Crippen LogP contribution in [-0.4, -0.2) is 17.9 Å². The first kappa shape index (κ1) is 13.6. The van der Waals surface area contributed by atoms with Gasteiger partial charge in [0.25, 0.3) is 5.91 Å². The Bertz CT molecular complexity index is 644. The highest BCUT2D eigenvalue weighted by Crippen LogP contribution is 2.11. The molecule has 0 atom stereocenters. The number of pyridine rings is 1. The molecule has 0 aliphatic rings. The van der Waals surface area contributed by atoms with Gasteiger partial charge in [0.15, 0.2) is 0 Å². The van der Waals surface area contributed by atoms with Gasteiger partial charge in [-0.15, -0.1) is 0 Å². The minimum atomic E-state index is -0.216. The fourth-order valence-corrected chi connectivity index (χ4v) is 1.69. The van der Waals surface area contributed by atoms with Crippen LogP contribution in [0.1, 0.15) is 21.6 Å². The predicted molar refractivity (Wildman–Crippen MR) is 76.1 cm³/mol. The molecule has 2 rings (SSSR count). The number of nitrogens with one attached hydrogen (secondary N) is 2. The maximum atomic E-state index is 11.5. The first-order valence-corrected chi connectivity index (χ1v) is 6.14. The zero-order valence-electron chi connectivity index (χ0n) is 11.1. The van der Waals surface area contributed by atoms with Gasteiger partial charge in [-0.05, 0) is 29.8 Å². The minimum absolute atomic E-state index is 0.216. The molecule has 0 radical (unpaired) electrons. The second kappa shape index (κ2) is 6.34. The van der Waals surface area contributed by atoms with Gasteiger partial charge >= 0.3 is 0 Å². The van der Waals surface area contributed by atoms with Gasteiger partial charge in [-0.25, -0.2) is 0 Å². The van der Waals surface area contributed by atoms with Crippen LogP contribution >= 0.6 is 0 Å². The number of nitriles is 1. The highest BCUT2D eigenvalue weighted by Gasteiger charge is 2.05. The summed E-state index contributed by atoms with van der Waals surface area (Å²) in [4.78, 5) is 15.5. The van der Waals surface area contributed by atoms with Crippen LogP contribution in [0.2, 0.25) is 0 Å². The molecule has 1 amide bonds. The molecule has 1 heterocycles. The van der Waals surface area contributed by atoms with Gasteiger partial charge in [0.05, 0.1) is 11.6 Å². The molecule has 0 unspecified atom stereocenters. The van der Waals surface area contributed by atoms with Crippen molar-refractivity contribution in [2.75, 3.05) is 12.4 Å². The number of carbonyl (C=O) groups is 1. The smallest absolute Gasteiger partial charge is 0.269 e. The van der Waals surface area contributed by atoms with Gasteiger partial charge in [-0.1, -0.05) is 12.1 Å². The van der Waals surface area contributed by atoms with Gasteiger partial charge in [-0.2, -0.15) is 5.26 Å². The Labute approximate surface area is 117 Å². The number of aromatic nitrogens is 1. The van der Waals surface area contributed by atoms with Crippen molar-refractivity contribution in [1.29, 1.82) is 5.26 Å². The van der Waals surface area contributed by atoms with Crippen molar-refractivity contribution in [1.82, 2.24) is 10.3 Å². The Balaban J connectivity index is 2.03. The van der Waals surface area contributed by atoms with E-state index in [0.717, 1.165) is 11.3 Å². The lowest BCUT2D eigenvalue weighted by atomic mass is 10.1. The molecule has 20 heavy (non-hydrogen) atoms. The van der Waals surface area contributed by atoms with E-state index < -0.39 is 0 Å². The van der Waals surface area contributed by atoms with Gasteiger partial charge in [0.1, 0.15) is 5.69 Å². The molecule has 2 N–H and O–H groups in total. The van der Waals surface area contributed by atoms with E-state index in [1.165, 1.54) is 0 Å². The van der Waals surface area contributed by atoms with Crippen LogP contribution in [0.3, 0.4) is 0 Å². The van der Waals surface area contributed by atoms with Gasteiger partial charge in [-0.3, -0.25) is 9.78 Å². The van der Waals surface area contributed by atoms with Crippen LogP contribution < -0.4 is 10.6 Å². The number of anilines is 1. The van der Waals surface area contributed by atoms with Crippen molar-refractivity contribution in [3.05, 3.63) is 59.4 Å². The topological polar surface area (TPSA) is 77.8 Å². The van der Waals surface area contributed by atoms with E-state index in [-0.39, 0.29) is 5.91 Å². The van der Waals surface area contributed by atoms with E-state index >= 15 is 0 Å². The zero-order chi connectivity index (χ0) is 14.4. The van der Waals surface area contributed by atoms with Crippen LogP contribution in [0.15, 0.2) is 42.6 Å². The molecular formula is C15H14N4O. The summed E-state index contributed by atoms with van der Waals surface area (Å²) in [7, 11) is 1.57. The first-order valence-electron chi connectivity index (χ1n) is 6.14. The minimum Gasteiger partial charge on any atom is -0.381 e. The fourth-order valence-electron chi connectivity index (χ4n) is 1.69. The Morgan fingerprint density at radius 3 is 2.70 bits per heavy atom. The number of hydrogen-bond acceptors (Lipinski definition) is 4. The van der Waals surface area contributed by atoms with E-state index in [9.17, 15) is 4.79 Å². The molecule has 0 fully saturated rings. The van der Waals surface area contributed by atoms with E-state index in [4.69, 9.17) is 5.26 Å². The molecule has 0 bridgehead atoms. The molecule has 1 aromatic carbocycles. The van der Waals surface area contributed by atoms with Crippen molar-refractivity contribution >= 4 is 11.6 Å². The number of nitrogens with zero attached hydrogens (tertiary/aromatic N) is 2. The van der Waals surface area contributed by atoms with E-state index in [1.807, 2.05) is 12.1 Å². The third-order valence-electron chi connectivity index (χ3n) is 2.80. The Kier molecular flexibility index (Phi) is 4.30. The second-order valence-electron chi connectivity index (χ2n) is 4.17. The average Bonchev–Trinajstić information content (AvgIpc) is 2.53. The van der Waals surface area contributed by atoms with Gasteiger partial charge in [0.2, 0.25) is 0 Å². The Morgan fingerprint density at radius 1 is 1.30 bits per heavy atom. The van der Waals surface area contributed by atoms with E-state index in [2.05, 4.69) is 21.7 Å². The fraction of sp³-hybridized carbons (Fsp3) is 0.133. The normalized spacial score (nSPS) is 9.60. The highest BCUT2D eigenvalue weighted by molar-refractivity contribution is 5.92. The molecule has 5 nitrogen and oxygen atoms in total. The van der Waals surface area contributed by atoms with E-state index in [0.29, 0.717) is 17.8 Å². The van der Waals surface area contributed by atoms with Crippen molar-refractivity contribution in [2.24, 2.45) is 0 Å². The molecule has 5 heteroatoms. The maximum absolute atomic E-state index is 11.5. The van der Waals surface area contributed by atoms with Crippen LogP contribution in [0.5, 0.6) is 0 Å². The lowest BCUT2D eigenvalue weighted by Gasteiger charge is -2.07. The lowest BCUT2D eigenvalue weighted by molar-refractivity contribution is 0.0958. The number of carbonyl (C=O) groups excluding carboxylic acids is 1. The van der Waals surface area contributed by atoms with Crippen LogP contribution in [-0.2, 0) is 6.54 Å². The highest BCUT2D eigenvalue weighted by atomic mass is 16.1. The molecule has 100 valence electrons. The van der Waals surface area contributed by atoms with Gasteiger partial charge < -0.3 is 10.6 Å². The number of hydrogen-bond donors (Lipinski definition) is 2. The van der Waals surface area contributed by atoms with Crippen molar-refractivity contribution in [3.63, 3.8) is 0 Å². The van der Waals surface area contributed by atoms with Crippen molar-refractivity contribution in [3.8, 4) is 6.07 Å². The standard InChI is InChI=1S/C15H14N4O/c1-17-15(20)14-8-13(6-7-18-14)19-10-12-4-2-11(9-16)3-5-12/h2-8H,10H2,1H3,(H,17,20)(H,18,19). The maximum Gasteiger partial charge on any atom is 0.269 e. The van der Waals surface area contributed by atoms with Crippen LogP contribution in [0, 0.1) is 11.3 Å². The van der Waals surface area contributed by atoms with E-state index in [1.54, 1.807) is 37.5 Å². The summed E-state index contributed by atoms with van der Waals surface area (Å²) in [5, 5.41) is 14.5. The summed E-state index contributed by atoms with van der Waals surface area (Å²) in [6.45, 7) is 0.614. The first-order chi connectivity index (χ1) is 9.72. The summed E-state index contributed by atoms with van der Waals surface area (Å²) in [5.41, 5.74) is 2.89. The molecule has 0 spiro atoms. The third-order valence-corrected chi connectivity index (χ3v) is 2.80. The van der Waals surface area contributed by atoms with Crippen LogP contribution in [0.25, 0.3) is 0 Å². The summed E-state index contributed by atoms with van der Waals surface area (Å²) in [6.07, 6.45) is 1.59. The summed E-state index contributed by atoms with van der Waals surface area (Å²) in [5.74, 6) is -0.216. The predicted octanol–water partition coefficient (Wildman–Crippen LogP) is 1.92. The quantitative estimate of drug-likeness (QED) is 0.886. The monoisotopic (exact) mass is 266 g/mol. The lowest BCUT2D eigenvalue weighted by Crippen LogP contribution is -2.19. The Morgan fingerprint density at radius 2 is 2.05 bits per heavy atom. The molecule has 2 aromatic rings. The summed E-state index contributed by atoms with van der Waals surface area (Å²) < 4.78 is 0. The third kappa shape index (κ3) is 3.33. The molecule has 0 saturated carbocycles. The number of rotatable bonds is 4. The number of benzene rings is 1. The SMILES string of the molecule is CNC(=O)c1cc(NCc2ccc(C#N)cc2)ccn1. The molecule has 0 aliphatic heterocycles. The number of amides is 1. The van der Waals surface area contributed by atoms with Gasteiger partial charge in [0, 0.05) is 25.5 Å². The molecular weight excluding hydrogens is 252 g/mol. The average molecular weight is 266 g/mol. The molecule has 1 aromatic heterocycles. The van der Waals surface area contributed by atoms with Crippen LogP contribution in [0.4, 0.5) is 5.69 Å². The molecule has 0 saturated heterocycles. The Hall–Kier alpha value is -2.87. The summed E-state index contributed by atoms with van der Waals surface area (Å²) in [6, 6.07) is 12.9. The zero-order valence-corrected chi connectivity index (χ0v) is 11.1. The molecule has 0 aliphatic carbocycles. The second-order valence-corrected chi connectivity index (χ2v) is 4.17.